The molecule has 0 unspecified atom stereocenters. The first kappa shape index (κ1) is 30.3. The zero-order chi connectivity index (χ0) is 31.5. The predicted octanol–water partition coefficient (Wildman–Crippen LogP) is 6.84. The molecule has 232 valence electrons. The second-order valence-electron chi connectivity index (χ2n) is 11.8. The number of nitrogens with zero attached hydrogens (tertiary/aromatic N) is 4. The third kappa shape index (κ3) is 6.68. The molecule has 1 aliphatic rings. The molecule has 45 heavy (non-hydrogen) atoms. The quantitative estimate of drug-likeness (QED) is 0.194. The third-order valence-electron chi connectivity index (χ3n) is 8.20. The van der Waals surface area contributed by atoms with Crippen molar-refractivity contribution in [2.45, 2.75) is 78.1 Å². The largest absolute Gasteiger partial charge is 0.490 e. The highest BCUT2D eigenvalue weighted by Crippen LogP contribution is 2.31. The lowest BCUT2D eigenvalue weighted by atomic mass is 9.96. The Kier molecular flexibility index (Phi) is 8.80. The first-order valence-electron chi connectivity index (χ1n) is 15.5. The lowest BCUT2D eigenvalue weighted by molar-refractivity contribution is -0.0721. The number of aryl methyl sites for hydroxylation is 2. The summed E-state index contributed by atoms with van der Waals surface area (Å²) in [4.78, 5) is 23.0. The summed E-state index contributed by atoms with van der Waals surface area (Å²) >= 11 is 0. The molecule has 0 spiro atoms. The average molecular weight is 607 g/mol. The minimum atomic E-state index is -0.473. The third-order valence-corrected chi connectivity index (χ3v) is 8.20. The molecule has 3 atom stereocenters. The standard InChI is InChI=1S/C36H38N4O5/c1-5-8-33-32(21-25-11-13-26(14-12-25)30-9-6-7-10-31(30)34-38-36(42)45-39-34)35(41)40(24(4)37-33)27-15-17-28(18-16-27)44-29-19-22(2)43-23(3)20-29/h6-7,9-18,22-23,29H,5,8,19-21H2,1-4H3,(H,38,39,42)/t22-,23+,29-. The molecule has 1 fully saturated rings. The van der Waals surface area contributed by atoms with Gasteiger partial charge in [0.2, 0.25) is 5.82 Å². The van der Waals surface area contributed by atoms with Crippen molar-refractivity contribution < 1.29 is 19.1 Å². The highest BCUT2D eigenvalue weighted by atomic mass is 16.6. The van der Waals surface area contributed by atoms with Gasteiger partial charge < -0.3 is 14.6 Å². The normalized spacial score (nSPS) is 18.2. The monoisotopic (exact) mass is 606 g/mol. The molecule has 1 saturated heterocycles. The van der Waals surface area contributed by atoms with Crippen LogP contribution in [0, 0.1) is 6.92 Å². The summed E-state index contributed by atoms with van der Waals surface area (Å²) in [6.45, 7) is 8.14. The van der Waals surface area contributed by atoms with E-state index in [0.717, 1.165) is 65.1 Å². The number of ether oxygens (including phenoxy) is 2. The number of aromatic hydroxyl groups is 1. The molecule has 3 heterocycles. The van der Waals surface area contributed by atoms with Crippen LogP contribution in [0.2, 0.25) is 0 Å². The highest BCUT2D eigenvalue weighted by molar-refractivity contribution is 5.80. The number of hydrogen-bond acceptors (Lipinski definition) is 8. The summed E-state index contributed by atoms with van der Waals surface area (Å²) < 4.78 is 18.6. The maximum atomic E-state index is 14.1. The Balaban J connectivity index is 1.27. The molecular weight excluding hydrogens is 568 g/mol. The lowest BCUT2D eigenvalue weighted by Gasteiger charge is -2.32. The van der Waals surface area contributed by atoms with E-state index in [1.54, 1.807) is 4.57 Å². The first-order chi connectivity index (χ1) is 21.8. The van der Waals surface area contributed by atoms with Crippen molar-refractivity contribution in [1.82, 2.24) is 19.7 Å². The van der Waals surface area contributed by atoms with Gasteiger partial charge in [-0.1, -0.05) is 67.0 Å². The van der Waals surface area contributed by atoms with Crippen molar-refractivity contribution in [2.75, 3.05) is 0 Å². The van der Waals surface area contributed by atoms with E-state index in [2.05, 4.69) is 30.9 Å². The Labute approximate surface area is 262 Å². The van der Waals surface area contributed by atoms with Crippen LogP contribution >= 0.6 is 0 Å². The van der Waals surface area contributed by atoms with Gasteiger partial charge in [-0.05, 0) is 68.1 Å². The summed E-state index contributed by atoms with van der Waals surface area (Å²) in [5.41, 5.74) is 5.85. The maximum Gasteiger partial charge on any atom is 0.415 e. The summed E-state index contributed by atoms with van der Waals surface area (Å²) in [5, 5.41) is 13.4. The average Bonchev–Trinajstić information content (AvgIpc) is 3.46. The van der Waals surface area contributed by atoms with E-state index in [1.807, 2.05) is 79.7 Å². The molecule has 0 bridgehead atoms. The Morgan fingerprint density at radius 2 is 1.62 bits per heavy atom. The summed E-state index contributed by atoms with van der Waals surface area (Å²) in [5.74, 6) is 1.76. The van der Waals surface area contributed by atoms with Crippen LogP contribution in [0.1, 0.15) is 62.7 Å². The molecule has 1 N–H and O–H groups in total. The van der Waals surface area contributed by atoms with E-state index in [9.17, 15) is 9.90 Å². The second-order valence-corrected chi connectivity index (χ2v) is 11.8. The van der Waals surface area contributed by atoms with Crippen molar-refractivity contribution in [3.05, 3.63) is 106 Å². The van der Waals surface area contributed by atoms with E-state index < -0.39 is 6.08 Å². The minimum Gasteiger partial charge on any atom is -0.490 e. The van der Waals surface area contributed by atoms with E-state index in [1.165, 1.54) is 0 Å². The van der Waals surface area contributed by atoms with Gasteiger partial charge in [-0.2, -0.15) is 4.98 Å². The highest BCUT2D eigenvalue weighted by Gasteiger charge is 2.26. The Hall–Kier alpha value is -4.76. The topological polar surface area (TPSA) is 113 Å². The fourth-order valence-corrected chi connectivity index (χ4v) is 6.21. The molecule has 0 amide bonds. The van der Waals surface area contributed by atoms with Gasteiger partial charge in [0.15, 0.2) is 0 Å². The number of benzene rings is 3. The molecule has 3 aromatic carbocycles. The van der Waals surface area contributed by atoms with Gasteiger partial charge in [0, 0.05) is 30.4 Å². The van der Waals surface area contributed by atoms with E-state index in [4.69, 9.17) is 19.0 Å². The predicted molar refractivity (Wildman–Crippen MR) is 172 cm³/mol. The zero-order valence-corrected chi connectivity index (χ0v) is 26.1. The molecule has 1 aliphatic heterocycles. The fourth-order valence-electron chi connectivity index (χ4n) is 6.21. The van der Waals surface area contributed by atoms with Crippen molar-refractivity contribution in [3.8, 4) is 40.0 Å². The molecule has 0 saturated carbocycles. The minimum absolute atomic E-state index is 0.0574. The maximum absolute atomic E-state index is 14.1. The van der Waals surface area contributed by atoms with Crippen LogP contribution < -0.4 is 10.3 Å². The van der Waals surface area contributed by atoms with Crippen LogP contribution in [-0.2, 0) is 17.6 Å². The molecule has 2 aromatic heterocycles. The van der Waals surface area contributed by atoms with Gasteiger partial charge in [0.1, 0.15) is 17.7 Å². The molecule has 0 radical (unpaired) electrons. The van der Waals surface area contributed by atoms with Crippen molar-refractivity contribution >= 4 is 0 Å². The Morgan fingerprint density at radius 1 is 0.933 bits per heavy atom. The number of hydrogen-bond donors (Lipinski definition) is 1. The molecule has 9 heteroatoms. The Morgan fingerprint density at radius 3 is 2.27 bits per heavy atom. The molecule has 9 nitrogen and oxygen atoms in total. The van der Waals surface area contributed by atoms with E-state index in [0.29, 0.717) is 23.6 Å². The van der Waals surface area contributed by atoms with Gasteiger partial charge in [0.05, 0.1) is 23.6 Å². The van der Waals surface area contributed by atoms with Gasteiger partial charge in [-0.3, -0.25) is 13.9 Å². The molecular formula is C36H38N4O5. The molecule has 5 aromatic rings. The fraction of sp³-hybridized carbons (Fsp3) is 0.333. The zero-order valence-electron chi connectivity index (χ0n) is 26.1. The summed E-state index contributed by atoms with van der Waals surface area (Å²) in [6.07, 6.45) is 3.76. The van der Waals surface area contributed by atoms with Crippen LogP contribution in [0.25, 0.3) is 28.2 Å². The van der Waals surface area contributed by atoms with Crippen LogP contribution in [0.15, 0.2) is 82.1 Å². The van der Waals surface area contributed by atoms with Gasteiger partial charge in [-0.25, -0.2) is 4.98 Å². The van der Waals surface area contributed by atoms with Crippen LogP contribution in [-0.4, -0.2) is 43.1 Å². The number of rotatable bonds is 9. The SMILES string of the molecule is CCCc1nc(C)n(-c2ccc(O[C@@H]3C[C@@H](C)O[C@@H](C)C3)cc2)c(=O)c1Cc1ccc(-c2ccccc2-c2noc(O)n2)cc1. The number of aromatic nitrogens is 4. The van der Waals surface area contributed by atoms with Crippen LogP contribution in [0.4, 0.5) is 0 Å². The first-order valence-corrected chi connectivity index (χ1v) is 15.5. The van der Waals surface area contributed by atoms with Crippen molar-refractivity contribution in [2.24, 2.45) is 0 Å². The Bertz CT molecular complexity index is 1820. The van der Waals surface area contributed by atoms with Crippen LogP contribution in [0.5, 0.6) is 11.8 Å². The van der Waals surface area contributed by atoms with Gasteiger partial charge in [-0.15, -0.1) is 0 Å². The van der Waals surface area contributed by atoms with E-state index >= 15 is 0 Å². The molecule has 0 aliphatic carbocycles. The smallest absolute Gasteiger partial charge is 0.415 e. The lowest BCUT2D eigenvalue weighted by Crippen LogP contribution is -2.35. The van der Waals surface area contributed by atoms with Crippen molar-refractivity contribution in [1.29, 1.82) is 0 Å². The molecule has 6 rings (SSSR count). The second kappa shape index (κ2) is 13.1. The van der Waals surface area contributed by atoms with E-state index in [-0.39, 0.29) is 23.9 Å². The summed E-state index contributed by atoms with van der Waals surface area (Å²) in [7, 11) is 0. The summed E-state index contributed by atoms with van der Waals surface area (Å²) in [6, 6.07) is 23.5. The van der Waals surface area contributed by atoms with Gasteiger partial charge >= 0.3 is 6.08 Å². The van der Waals surface area contributed by atoms with Crippen LogP contribution in [0.3, 0.4) is 0 Å². The van der Waals surface area contributed by atoms with Crippen molar-refractivity contribution in [3.63, 3.8) is 0 Å². The van der Waals surface area contributed by atoms with Gasteiger partial charge in [0.25, 0.3) is 5.56 Å².